The minimum Gasteiger partial charge on any atom is -0.461 e. The molecule has 610 valence electrons. The second kappa shape index (κ2) is 48.9. The van der Waals surface area contributed by atoms with Crippen LogP contribution in [0.5, 0.6) is 0 Å². The highest BCUT2D eigenvalue weighted by atomic mass is 127. The van der Waals surface area contributed by atoms with E-state index in [2.05, 4.69) is 31.9 Å². The van der Waals surface area contributed by atoms with E-state index in [1.54, 1.807) is 0 Å². The van der Waals surface area contributed by atoms with Crippen LogP contribution in [0.15, 0.2) is 0 Å². The number of anilines is 2. The van der Waals surface area contributed by atoms with Crippen LogP contribution in [0.2, 0.25) is 0 Å². The summed E-state index contributed by atoms with van der Waals surface area (Å²) in [5.74, 6) is -26.6. The number of amides is 6. The molecule has 0 fully saturated rings. The van der Waals surface area contributed by atoms with Gasteiger partial charge in [-0.05, 0) is 146 Å². The fourth-order valence-electron chi connectivity index (χ4n) is 8.84. The van der Waals surface area contributed by atoms with Crippen molar-refractivity contribution in [3.63, 3.8) is 0 Å². The van der Waals surface area contributed by atoms with Crippen LogP contribution in [0.3, 0.4) is 0 Å². The maximum atomic E-state index is 16.1. The number of rotatable bonds is 47. The zero-order chi connectivity index (χ0) is 85.1. The lowest BCUT2D eigenvalue weighted by Gasteiger charge is -2.28. The molecular weight excluding hydrogens is 1950 g/mol. The molecule has 0 aliphatic carbocycles. The van der Waals surface area contributed by atoms with Crippen LogP contribution in [0.25, 0.3) is 11.1 Å². The van der Waals surface area contributed by atoms with Crippen LogP contribution < -0.4 is 31.9 Å². The molecule has 0 radical (unpaired) electrons. The van der Waals surface area contributed by atoms with Crippen molar-refractivity contribution in [3.8, 4) is 11.1 Å². The van der Waals surface area contributed by atoms with E-state index in [9.17, 15) is 95.9 Å². The molecule has 4 unspecified atom stereocenters. The number of ketones is 8. The average Bonchev–Trinajstić information content (AvgIpc) is 0.719. The van der Waals surface area contributed by atoms with Gasteiger partial charge in [0.15, 0.2) is 37.6 Å². The van der Waals surface area contributed by atoms with Crippen molar-refractivity contribution >= 4 is 243 Å². The van der Waals surface area contributed by atoms with Gasteiger partial charge in [-0.2, -0.15) is 0 Å². The number of carbonyl (C=O) groups excluding carboxylic acids is 24. The van der Waals surface area contributed by atoms with Crippen molar-refractivity contribution in [1.29, 1.82) is 0 Å². The van der Waals surface area contributed by atoms with Crippen molar-refractivity contribution < 1.29 is 162 Å². The summed E-state index contributed by atoms with van der Waals surface area (Å²) < 4.78 is 50.1. The van der Waals surface area contributed by atoms with E-state index < -0.39 is 342 Å². The van der Waals surface area contributed by atoms with Gasteiger partial charge in [-0.25, -0.2) is 0 Å². The minimum atomic E-state index is -1.85. The van der Waals surface area contributed by atoms with E-state index in [0.717, 1.165) is 69.2 Å². The van der Waals surface area contributed by atoms with E-state index >= 15 is 19.2 Å². The molecule has 0 spiro atoms. The number of hydrogen-bond donors (Lipinski definition) is 6. The Balaban J connectivity index is 3.89. The van der Waals surface area contributed by atoms with Gasteiger partial charge in [0.25, 0.3) is 35.4 Å². The van der Waals surface area contributed by atoms with Gasteiger partial charge in [-0.15, -0.1) is 0 Å². The van der Waals surface area contributed by atoms with Crippen LogP contribution in [0.1, 0.15) is 162 Å². The second-order valence-corrected chi connectivity index (χ2v) is 28.3. The predicted molar refractivity (Wildman–Crippen MR) is 408 cm³/mol. The number of ether oxygens (including phenoxy) is 10. The van der Waals surface area contributed by atoms with E-state index in [1.165, 1.54) is 90.4 Å². The zero-order valence-electron chi connectivity index (χ0n) is 61.4. The first kappa shape index (κ1) is 98.3. The molecule has 0 heterocycles. The summed E-state index contributed by atoms with van der Waals surface area (Å²) >= 11 is 5.70. The molecule has 44 heteroatoms. The predicted octanol–water partition coefficient (Wildman–Crippen LogP) is 1.35. The molecule has 0 saturated carbocycles. The van der Waals surface area contributed by atoms with Crippen molar-refractivity contribution in [2.24, 2.45) is 0 Å². The molecule has 0 aromatic heterocycles. The van der Waals surface area contributed by atoms with Gasteiger partial charge in [-0.3, -0.25) is 115 Å². The topological polar surface area (TPSA) is 574 Å². The van der Waals surface area contributed by atoms with Crippen LogP contribution in [-0.2, 0) is 143 Å². The van der Waals surface area contributed by atoms with E-state index in [0.29, 0.717) is 0 Å². The quantitative estimate of drug-likeness (QED) is 0.0236. The Kier molecular flexibility index (Phi) is 42.9. The Morgan fingerprint density at radius 2 is 0.446 bits per heavy atom. The summed E-state index contributed by atoms with van der Waals surface area (Å²) in [5, 5.41) is 14.4. The van der Waals surface area contributed by atoms with Crippen LogP contribution in [0.4, 0.5) is 11.4 Å². The van der Waals surface area contributed by atoms with Gasteiger partial charge in [0.2, 0.25) is 0 Å². The first-order chi connectivity index (χ1) is 52.2. The first-order valence-electron chi connectivity index (χ1n) is 32.7. The molecule has 0 saturated heterocycles. The van der Waals surface area contributed by atoms with E-state index in [1.807, 2.05) is 0 Å². The Bertz CT molecular complexity index is 3660. The van der Waals surface area contributed by atoms with Crippen LogP contribution >= 0.6 is 90.4 Å². The summed E-state index contributed by atoms with van der Waals surface area (Å²) in [6.45, 7) is -0.542. The van der Waals surface area contributed by atoms with Crippen molar-refractivity contribution in [3.05, 3.63) is 36.5 Å². The number of hydrogen-bond acceptors (Lipinski definition) is 34. The SMILES string of the molecule is CC(=O)CC(=O)OCC(CNC(=O)c1c(I)c(NC(=O)COC(C)=O)c(I)c(C(=O)NCC(COC(=O)CC(C)=O)OC(=O)CC(C)=O)c1-c1c(C(=O)NCC(COC(=O)CC(C)=O)OC(=O)CC(C)=O)c(I)c(NC(=O)COC(C)=O)c(I)c1C(=O)NCC(COC(=O)CC(C)=O)OC(=O)CC(C)=O)OC(=O)CC(C)=O. The second-order valence-electron chi connectivity index (χ2n) is 24.0. The van der Waals surface area contributed by atoms with Gasteiger partial charge < -0.3 is 79.3 Å². The van der Waals surface area contributed by atoms with Crippen LogP contribution in [0, 0.1) is 14.3 Å². The van der Waals surface area contributed by atoms with Crippen molar-refractivity contribution in [2.75, 3.05) is 76.5 Å². The maximum absolute atomic E-state index is 16.1. The molecule has 0 bridgehead atoms. The summed E-state index contributed by atoms with van der Waals surface area (Å²) in [7, 11) is 0. The number of carbonyl (C=O) groups is 24. The van der Waals surface area contributed by atoms with E-state index in [4.69, 9.17) is 47.4 Å². The largest absolute Gasteiger partial charge is 0.461 e. The molecule has 6 N–H and O–H groups in total. The molecule has 2 rings (SSSR count). The smallest absolute Gasteiger partial charge is 0.313 e. The molecule has 4 atom stereocenters. The Hall–Kier alpha value is -9.76. The molecule has 40 nitrogen and oxygen atoms in total. The minimum absolute atomic E-state index is 0.565. The number of nitrogens with one attached hydrogen (secondary N) is 6. The van der Waals surface area contributed by atoms with E-state index in [-0.39, 0.29) is 0 Å². The highest BCUT2D eigenvalue weighted by Crippen LogP contribution is 2.47. The third kappa shape index (κ3) is 36.6. The van der Waals surface area contributed by atoms with Gasteiger partial charge in [0.1, 0.15) is 124 Å². The van der Waals surface area contributed by atoms with Gasteiger partial charge >= 0.3 is 59.7 Å². The fourth-order valence-corrected chi connectivity index (χ4v) is 13.6. The lowest BCUT2D eigenvalue weighted by Crippen LogP contribution is -2.41. The van der Waals surface area contributed by atoms with Gasteiger partial charge in [-0.1, -0.05) is 0 Å². The Morgan fingerprint density at radius 3 is 0.616 bits per heavy atom. The fraction of sp³-hybridized carbons (Fsp3) is 0.471. The highest BCUT2D eigenvalue weighted by molar-refractivity contribution is 14.1. The Labute approximate surface area is 690 Å². The monoisotopic (exact) mass is 2030 g/mol. The third-order valence-electron chi connectivity index (χ3n) is 13.3. The van der Waals surface area contributed by atoms with Gasteiger partial charge in [0.05, 0.1) is 74.1 Å². The maximum Gasteiger partial charge on any atom is 0.313 e. The third-order valence-corrected chi connectivity index (χ3v) is 17.6. The van der Waals surface area contributed by atoms with Crippen molar-refractivity contribution in [2.45, 2.75) is 145 Å². The molecule has 0 aliphatic heterocycles. The van der Waals surface area contributed by atoms with Crippen molar-refractivity contribution in [1.82, 2.24) is 21.3 Å². The molecular formula is C68H76I4N6O34. The normalized spacial score (nSPS) is 11.6. The first-order valence-corrected chi connectivity index (χ1v) is 37.0. The Morgan fingerprint density at radius 1 is 0.268 bits per heavy atom. The molecule has 2 aromatic rings. The standard InChI is InChI=1S/C68H76I4N6O34/c1-29(79)11-45(91)105-23-39(109-49(95)15-33(5)83)19-73-65(99)55-53(56(60(70)63(59(55)69)77-43(89)27-103-37(9)87)66(100)74-20-40(110-50(96)16-34(6)84)24-106-46(92)12-30(2)80)54-57(67(101)75-21-41(111-51(97)17-35(7)85)25-107-47(93)13-31(3)81)61(71)64(78-44(90)28-104-38(10)88)62(72)58(54)68(102)76-22-42(112-52(98)18-36(8)86)26-108-48(94)14-32(4)82/h39-42H,11-28H2,1-10H3,(H,73,99)(H,74,100)(H,75,101)(H,76,102)(H,77,89)(H,78,90). The van der Waals surface area contributed by atoms with Crippen LogP contribution in [-0.4, -0.2) is 232 Å². The number of esters is 10. The zero-order valence-corrected chi connectivity index (χ0v) is 70.1. The number of Topliss-reactive ketones (excluding diaryl/α,β-unsaturated/α-hetero) is 8. The molecule has 0 aliphatic rings. The summed E-state index contributed by atoms with van der Waals surface area (Å²) in [6, 6.07) is 0. The number of benzene rings is 2. The molecule has 112 heavy (non-hydrogen) atoms. The number of halogens is 4. The highest BCUT2D eigenvalue weighted by Gasteiger charge is 2.40. The van der Waals surface area contributed by atoms with Gasteiger partial charge in [0, 0.05) is 25.0 Å². The molecule has 2 aromatic carbocycles. The molecule has 6 amide bonds. The summed E-state index contributed by atoms with van der Waals surface area (Å²) in [5.41, 5.74) is -7.20. The lowest BCUT2D eigenvalue weighted by molar-refractivity contribution is -0.160. The lowest BCUT2D eigenvalue weighted by atomic mass is 9.85. The average molecular weight is 2030 g/mol. The summed E-state index contributed by atoms with van der Waals surface area (Å²) in [6.07, 6.45) is -14.5. The summed E-state index contributed by atoms with van der Waals surface area (Å²) in [4.78, 5) is 317.